The van der Waals surface area contributed by atoms with Crippen LogP contribution in [0.2, 0.25) is 0 Å². The van der Waals surface area contributed by atoms with Gasteiger partial charge in [0, 0.05) is 6.07 Å². The van der Waals surface area contributed by atoms with Crippen molar-refractivity contribution in [3.05, 3.63) is 63.7 Å². The molecule has 0 saturated carbocycles. The molecule has 0 atom stereocenters. The third-order valence-electron chi connectivity index (χ3n) is 2.68. The summed E-state index contributed by atoms with van der Waals surface area (Å²) in [6.07, 6.45) is 0. The van der Waals surface area contributed by atoms with Crippen molar-refractivity contribution in [3.8, 4) is 5.75 Å². The number of aryl methyl sites for hydroxylation is 1. The Kier molecular flexibility index (Phi) is 4.09. The van der Waals surface area contributed by atoms with E-state index in [2.05, 4.69) is 4.18 Å². The van der Waals surface area contributed by atoms with E-state index in [1.54, 1.807) is 6.92 Å². The molecular weight excluding hydrogens is 320 g/mol. The summed E-state index contributed by atoms with van der Waals surface area (Å²) in [5, 5.41) is 10.9. The highest BCUT2D eigenvalue weighted by Crippen LogP contribution is 2.31. The zero-order chi connectivity index (χ0) is 16.5. The van der Waals surface area contributed by atoms with Crippen LogP contribution in [0, 0.1) is 28.7 Å². The molecule has 0 bridgehead atoms. The molecule has 2 rings (SSSR count). The molecule has 0 heterocycles. The van der Waals surface area contributed by atoms with Gasteiger partial charge in [-0.2, -0.15) is 8.42 Å². The van der Waals surface area contributed by atoms with Crippen LogP contribution >= 0.6 is 0 Å². The summed E-state index contributed by atoms with van der Waals surface area (Å²) < 4.78 is 55.6. The molecule has 116 valence electrons. The summed E-state index contributed by atoms with van der Waals surface area (Å²) >= 11 is 0. The van der Waals surface area contributed by atoms with Gasteiger partial charge in [0.25, 0.3) is 0 Å². The maximum atomic E-state index is 13.5. The molecule has 6 nitrogen and oxygen atoms in total. The highest BCUT2D eigenvalue weighted by molar-refractivity contribution is 7.87. The van der Waals surface area contributed by atoms with Gasteiger partial charge in [0.05, 0.1) is 4.92 Å². The fourth-order valence-electron chi connectivity index (χ4n) is 1.72. The van der Waals surface area contributed by atoms with Crippen molar-refractivity contribution in [2.24, 2.45) is 0 Å². The van der Waals surface area contributed by atoms with Crippen LogP contribution in [0.25, 0.3) is 0 Å². The standard InChI is InChI=1S/C13H9F2NO5S/c1-8-5-6-12(11(7-8)16(17)18)21-22(19,20)13-9(14)3-2-4-10(13)15/h2-7H,1H3. The highest BCUT2D eigenvalue weighted by atomic mass is 32.2. The molecule has 9 heteroatoms. The largest absolute Gasteiger partial charge is 0.371 e. The van der Waals surface area contributed by atoms with Crippen molar-refractivity contribution in [1.82, 2.24) is 0 Å². The average Bonchev–Trinajstić information content (AvgIpc) is 2.39. The molecule has 0 spiro atoms. The maximum Gasteiger partial charge on any atom is 0.345 e. The lowest BCUT2D eigenvalue weighted by atomic mass is 10.2. The summed E-state index contributed by atoms with van der Waals surface area (Å²) in [6.45, 7) is 1.56. The first-order chi connectivity index (χ1) is 10.2. The molecule has 2 aromatic carbocycles. The number of benzene rings is 2. The first-order valence-corrected chi connectivity index (χ1v) is 7.27. The molecule has 22 heavy (non-hydrogen) atoms. The van der Waals surface area contributed by atoms with E-state index in [0.29, 0.717) is 5.56 Å². The lowest BCUT2D eigenvalue weighted by Gasteiger charge is -2.09. The Bertz CT molecular complexity index is 831. The zero-order valence-corrected chi connectivity index (χ0v) is 11.9. The van der Waals surface area contributed by atoms with E-state index in [9.17, 15) is 27.3 Å². The van der Waals surface area contributed by atoms with E-state index in [4.69, 9.17) is 0 Å². The normalized spacial score (nSPS) is 11.2. The fourth-order valence-corrected chi connectivity index (χ4v) is 2.80. The van der Waals surface area contributed by atoms with Crippen LogP contribution < -0.4 is 4.18 Å². The van der Waals surface area contributed by atoms with Crippen molar-refractivity contribution in [1.29, 1.82) is 0 Å². The molecule has 0 aliphatic carbocycles. The lowest BCUT2D eigenvalue weighted by molar-refractivity contribution is -0.385. The minimum absolute atomic E-state index is 0.494. The van der Waals surface area contributed by atoms with Crippen molar-refractivity contribution in [2.75, 3.05) is 0 Å². The van der Waals surface area contributed by atoms with E-state index in [-0.39, 0.29) is 0 Å². The van der Waals surface area contributed by atoms with Gasteiger partial charge in [-0.25, -0.2) is 8.78 Å². The van der Waals surface area contributed by atoms with Gasteiger partial charge in [-0.15, -0.1) is 0 Å². The van der Waals surface area contributed by atoms with Gasteiger partial charge in [-0.3, -0.25) is 10.1 Å². The average molecular weight is 329 g/mol. The van der Waals surface area contributed by atoms with Crippen molar-refractivity contribution < 1.29 is 26.3 Å². The van der Waals surface area contributed by atoms with Crippen LogP contribution in [-0.2, 0) is 10.1 Å². The van der Waals surface area contributed by atoms with E-state index in [1.165, 1.54) is 6.07 Å². The first-order valence-electron chi connectivity index (χ1n) is 5.86. The number of nitro groups is 1. The van der Waals surface area contributed by atoms with E-state index in [0.717, 1.165) is 30.3 Å². The van der Waals surface area contributed by atoms with Crippen molar-refractivity contribution in [3.63, 3.8) is 0 Å². The van der Waals surface area contributed by atoms with Crippen molar-refractivity contribution in [2.45, 2.75) is 11.8 Å². The molecule has 2 aromatic rings. The van der Waals surface area contributed by atoms with Gasteiger partial charge in [-0.05, 0) is 30.7 Å². The maximum absolute atomic E-state index is 13.5. The monoisotopic (exact) mass is 329 g/mol. The van der Waals surface area contributed by atoms with Crippen molar-refractivity contribution >= 4 is 15.8 Å². The summed E-state index contributed by atoms with van der Waals surface area (Å²) in [5.41, 5.74) is -0.131. The number of halogens is 2. The number of nitrogens with zero attached hydrogens (tertiary/aromatic N) is 1. The van der Waals surface area contributed by atoms with Gasteiger partial charge in [0.2, 0.25) is 5.75 Å². The molecule has 0 aliphatic rings. The Hall–Kier alpha value is -2.55. The Morgan fingerprint density at radius 3 is 2.27 bits per heavy atom. The Labute approximate surface area is 124 Å². The van der Waals surface area contributed by atoms with E-state index in [1.807, 2.05) is 0 Å². The van der Waals surface area contributed by atoms with Gasteiger partial charge >= 0.3 is 15.8 Å². The number of nitro benzene ring substituents is 1. The Morgan fingerprint density at radius 1 is 1.14 bits per heavy atom. The SMILES string of the molecule is Cc1ccc(OS(=O)(=O)c2c(F)cccc2F)c([N+](=O)[O-])c1. The number of rotatable bonds is 4. The number of hydrogen-bond acceptors (Lipinski definition) is 5. The molecule has 0 unspecified atom stereocenters. The van der Waals surface area contributed by atoms with Gasteiger partial charge in [0.15, 0.2) is 4.90 Å². The van der Waals surface area contributed by atoms with Gasteiger partial charge < -0.3 is 4.18 Å². The first kappa shape index (κ1) is 15.8. The van der Waals surface area contributed by atoms with E-state index >= 15 is 0 Å². The molecule has 0 N–H and O–H groups in total. The second-order valence-electron chi connectivity index (χ2n) is 4.32. The van der Waals surface area contributed by atoms with Crippen LogP contribution in [0.4, 0.5) is 14.5 Å². The van der Waals surface area contributed by atoms with Crippen LogP contribution in [0.5, 0.6) is 5.75 Å². The summed E-state index contributed by atoms with van der Waals surface area (Å²) in [4.78, 5) is 8.76. The highest BCUT2D eigenvalue weighted by Gasteiger charge is 2.29. The predicted molar refractivity (Wildman–Crippen MR) is 72.0 cm³/mol. The molecule has 0 amide bonds. The lowest BCUT2D eigenvalue weighted by Crippen LogP contribution is -2.14. The molecule has 0 fully saturated rings. The van der Waals surface area contributed by atoms with Crippen LogP contribution in [0.1, 0.15) is 5.56 Å². The molecule has 0 aliphatic heterocycles. The zero-order valence-electron chi connectivity index (χ0n) is 11.1. The third-order valence-corrected chi connectivity index (χ3v) is 3.97. The van der Waals surface area contributed by atoms with Gasteiger partial charge in [0.1, 0.15) is 11.6 Å². The fraction of sp³-hybridized carbons (Fsp3) is 0.0769. The molecule has 0 radical (unpaired) electrons. The third kappa shape index (κ3) is 3.03. The minimum Gasteiger partial charge on any atom is -0.371 e. The van der Waals surface area contributed by atoms with E-state index < -0.39 is 43.0 Å². The topological polar surface area (TPSA) is 86.5 Å². The van der Waals surface area contributed by atoms with Crippen LogP contribution in [0.3, 0.4) is 0 Å². The quantitative estimate of drug-likeness (QED) is 0.489. The Balaban J connectivity index is 2.53. The molecule has 0 saturated heterocycles. The summed E-state index contributed by atoms with van der Waals surface area (Å²) in [6, 6.07) is 5.96. The Morgan fingerprint density at radius 2 is 1.73 bits per heavy atom. The molecular formula is C13H9F2NO5S. The smallest absolute Gasteiger partial charge is 0.345 e. The van der Waals surface area contributed by atoms with Crippen LogP contribution in [-0.4, -0.2) is 13.3 Å². The second-order valence-corrected chi connectivity index (χ2v) is 5.80. The summed E-state index contributed by atoms with van der Waals surface area (Å²) in [5.74, 6) is -3.33. The molecule has 0 aromatic heterocycles. The van der Waals surface area contributed by atoms with Crippen LogP contribution in [0.15, 0.2) is 41.3 Å². The summed E-state index contributed by atoms with van der Waals surface area (Å²) in [7, 11) is -4.90. The minimum atomic E-state index is -4.90. The van der Waals surface area contributed by atoms with Gasteiger partial charge in [-0.1, -0.05) is 12.1 Å². The second kappa shape index (κ2) is 5.68. The number of hydrogen-bond donors (Lipinski definition) is 0. The predicted octanol–water partition coefficient (Wildman–Crippen LogP) is 2.95.